The minimum atomic E-state index is 0. The van der Waals surface area contributed by atoms with E-state index < -0.39 is 0 Å². The second-order valence-electron chi connectivity index (χ2n) is 5.25. The first kappa shape index (κ1) is 20.7. The Morgan fingerprint density at radius 2 is 1.91 bits per heavy atom. The summed E-state index contributed by atoms with van der Waals surface area (Å²) in [6, 6.07) is 8.03. The van der Waals surface area contributed by atoms with Crippen molar-refractivity contribution in [2.45, 2.75) is 45.6 Å². The molecule has 126 valence electrons. The molecule has 0 saturated carbocycles. The maximum atomic E-state index is 12.5. The lowest BCUT2D eigenvalue weighted by molar-refractivity contribution is -0.134. The number of aryl methyl sites for hydroxylation is 1. The minimum absolute atomic E-state index is 0. The number of para-hydroxylation sites is 1. The molecule has 0 atom stereocenters. The molecular formula is C17H29ClN2O2. The number of nitrogen functional groups attached to an aromatic ring is 1. The van der Waals surface area contributed by atoms with Gasteiger partial charge in [-0.1, -0.05) is 32.0 Å². The van der Waals surface area contributed by atoms with Gasteiger partial charge in [0.15, 0.2) is 0 Å². The van der Waals surface area contributed by atoms with Crippen molar-refractivity contribution in [3.05, 3.63) is 29.8 Å². The van der Waals surface area contributed by atoms with Crippen LogP contribution in [-0.2, 0) is 16.0 Å². The number of carbonyl (C=O) groups excluding carboxylic acids is 1. The summed E-state index contributed by atoms with van der Waals surface area (Å²) >= 11 is 0. The highest BCUT2D eigenvalue weighted by atomic mass is 35.5. The van der Waals surface area contributed by atoms with E-state index in [9.17, 15) is 4.79 Å². The summed E-state index contributed by atoms with van der Waals surface area (Å²) in [5, 5.41) is 0. The van der Waals surface area contributed by atoms with E-state index in [0.717, 1.165) is 24.1 Å². The number of halogens is 1. The van der Waals surface area contributed by atoms with Gasteiger partial charge >= 0.3 is 0 Å². The van der Waals surface area contributed by atoms with Gasteiger partial charge in [-0.2, -0.15) is 0 Å². The number of nitrogens with zero attached hydrogens (tertiary/aromatic N) is 1. The monoisotopic (exact) mass is 328 g/mol. The Hall–Kier alpha value is -1.26. The van der Waals surface area contributed by atoms with Gasteiger partial charge in [-0.3, -0.25) is 4.79 Å². The smallest absolute Gasteiger partial charge is 0.223 e. The first-order valence-electron chi connectivity index (χ1n) is 7.75. The molecular weight excluding hydrogens is 300 g/mol. The van der Waals surface area contributed by atoms with Crippen LogP contribution in [-0.4, -0.2) is 37.1 Å². The van der Waals surface area contributed by atoms with E-state index in [4.69, 9.17) is 10.5 Å². The molecule has 0 spiro atoms. The highest BCUT2D eigenvalue weighted by Gasteiger charge is 2.20. The first-order valence-corrected chi connectivity index (χ1v) is 7.75. The van der Waals surface area contributed by atoms with E-state index >= 15 is 0 Å². The molecule has 22 heavy (non-hydrogen) atoms. The number of amides is 1. The Kier molecular flexibility index (Phi) is 10.7. The van der Waals surface area contributed by atoms with Crippen LogP contribution in [0.4, 0.5) is 5.69 Å². The molecule has 0 saturated heterocycles. The molecule has 1 aromatic rings. The summed E-state index contributed by atoms with van der Waals surface area (Å²) in [5.41, 5.74) is 7.73. The zero-order valence-electron chi connectivity index (χ0n) is 13.9. The highest BCUT2D eigenvalue weighted by molar-refractivity contribution is 5.85. The Morgan fingerprint density at radius 1 is 1.27 bits per heavy atom. The summed E-state index contributed by atoms with van der Waals surface area (Å²) in [6.07, 6.45) is 3.13. The molecule has 0 aliphatic heterocycles. The lowest BCUT2D eigenvalue weighted by Gasteiger charge is -2.30. The van der Waals surface area contributed by atoms with Crippen LogP contribution in [0.3, 0.4) is 0 Å². The van der Waals surface area contributed by atoms with E-state index in [2.05, 4.69) is 13.8 Å². The standard InChI is InChI=1S/C17H28N2O2.ClH/c1-4-15(5-2)19(12-13-21-3)17(20)11-10-14-8-6-7-9-16(14)18;/h6-9,15H,4-5,10-13,18H2,1-3H3;1H. The summed E-state index contributed by atoms with van der Waals surface area (Å²) in [4.78, 5) is 14.5. The van der Waals surface area contributed by atoms with Gasteiger partial charge in [0.05, 0.1) is 6.61 Å². The third kappa shape index (κ3) is 6.24. The SMILES string of the molecule is CCC(CC)N(CCOC)C(=O)CCc1ccccc1N.Cl. The molecule has 2 N–H and O–H groups in total. The van der Waals surface area contributed by atoms with E-state index in [1.165, 1.54) is 0 Å². The summed E-state index contributed by atoms with van der Waals surface area (Å²) in [5.74, 6) is 0.184. The Bertz CT molecular complexity index is 436. The molecule has 0 radical (unpaired) electrons. The van der Waals surface area contributed by atoms with Gasteiger partial charge < -0.3 is 15.4 Å². The third-order valence-electron chi connectivity index (χ3n) is 3.90. The van der Waals surface area contributed by atoms with Crippen LogP contribution in [0.2, 0.25) is 0 Å². The summed E-state index contributed by atoms with van der Waals surface area (Å²) in [7, 11) is 1.67. The topological polar surface area (TPSA) is 55.6 Å². The molecule has 1 aromatic carbocycles. The van der Waals surface area contributed by atoms with Crippen molar-refractivity contribution in [3.63, 3.8) is 0 Å². The van der Waals surface area contributed by atoms with Gasteiger partial charge in [0, 0.05) is 31.8 Å². The van der Waals surface area contributed by atoms with Gasteiger partial charge in [-0.05, 0) is 30.9 Å². The predicted octanol–water partition coefficient (Wildman–Crippen LogP) is 3.29. The van der Waals surface area contributed by atoms with Crippen molar-refractivity contribution in [1.82, 2.24) is 4.90 Å². The van der Waals surface area contributed by atoms with Gasteiger partial charge in [0.2, 0.25) is 5.91 Å². The van der Waals surface area contributed by atoms with Crippen LogP contribution in [0, 0.1) is 0 Å². The molecule has 0 aromatic heterocycles. The first-order chi connectivity index (χ1) is 10.1. The summed E-state index contributed by atoms with van der Waals surface area (Å²) < 4.78 is 5.13. The predicted molar refractivity (Wildman–Crippen MR) is 94.4 cm³/mol. The fraction of sp³-hybridized carbons (Fsp3) is 0.588. The van der Waals surface area contributed by atoms with E-state index in [1.54, 1.807) is 7.11 Å². The van der Waals surface area contributed by atoms with Crippen LogP contribution in [0.1, 0.15) is 38.7 Å². The molecule has 0 fully saturated rings. The normalized spacial score (nSPS) is 10.4. The minimum Gasteiger partial charge on any atom is -0.399 e. The molecule has 0 unspecified atom stereocenters. The lowest BCUT2D eigenvalue weighted by Crippen LogP contribution is -2.41. The van der Waals surface area contributed by atoms with Crippen molar-refractivity contribution in [3.8, 4) is 0 Å². The average Bonchev–Trinajstić information content (AvgIpc) is 2.50. The number of ether oxygens (including phenoxy) is 1. The fourth-order valence-electron chi connectivity index (χ4n) is 2.58. The maximum absolute atomic E-state index is 12.5. The average molecular weight is 329 g/mol. The van der Waals surface area contributed by atoms with E-state index in [-0.39, 0.29) is 18.3 Å². The molecule has 0 aliphatic carbocycles. The second-order valence-corrected chi connectivity index (χ2v) is 5.25. The van der Waals surface area contributed by atoms with Gasteiger partial charge in [0.25, 0.3) is 0 Å². The summed E-state index contributed by atoms with van der Waals surface area (Å²) in [6.45, 7) is 5.48. The van der Waals surface area contributed by atoms with Crippen molar-refractivity contribution in [1.29, 1.82) is 0 Å². The Labute approximate surface area is 140 Å². The number of anilines is 1. The third-order valence-corrected chi connectivity index (χ3v) is 3.90. The van der Waals surface area contributed by atoms with Crippen LogP contribution in [0.15, 0.2) is 24.3 Å². The largest absolute Gasteiger partial charge is 0.399 e. The van der Waals surface area contributed by atoms with Crippen LogP contribution < -0.4 is 5.73 Å². The number of methoxy groups -OCH3 is 1. The van der Waals surface area contributed by atoms with Gasteiger partial charge in [-0.15, -0.1) is 12.4 Å². The number of carbonyl (C=O) groups is 1. The lowest BCUT2D eigenvalue weighted by atomic mass is 10.1. The quantitative estimate of drug-likeness (QED) is 0.708. The number of hydrogen-bond donors (Lipinski definition) is 1. The van der Waals surface area contributed by atoms with Crippen molar-refractivity contribution in [2.75, 3.05) is 26.0 Å². The number of benzene rings is 1. The molecule has 4 nitrogen and oxygen atoms in total. The second kappa shape index (κ2) is 11.3. The fourth-order valence-corrected chi connectivity index (χ4v) is 2.58. The molecule has 0 aliphatic rings. The molecule has 5 heteroatoms. The zero-order chi connectivity index (χ0) is 15.7. The van der Waals surface area contributed by atoms with Gasteiger partial charge in [-0.25, -0.2) is 0 Å². The molecule has 1 rings (SSSR count). The number of nitrogens with two attached hydrogens (primary N) is 1. The van der Waals surface area contributed by atoms with Crippen LogP contribution in [0.5, 0.6) is 0 Å². The van der Waals surface area contributed by atoms with E-state index in [1.807, 2.05) is 29.2 Å². The maximum Gasteiger partial charge on any atom is 0.223 e. The Balaban J connectivity index is 0.00000441. The molecule has 0 bridgehead atoms. The molecule has 1 amide bonds. The van der Waals surface area contributed by atoms with Crippen LogP contribution >= 0.6 is 12.4 Å². The van der Waals surface area contributed by atoms with Crippen LogP contribution in [0.25, 0.3) is 0 Å². The zero-order valence-corrected chi connectivity index (χ0v) is 14.7. The van der Waals surface area contributed by atoms with Crippen molar-refractivity contribution >= 4 is 24.0 Å². The van der Waals surface area contributed by atoms with E-state index in [0.29, 0.717) is 32.0 Å². The highest BCUT2D eigenvalue weighted by Crippen LogP contribution is 2.15. The van der Waals surface area contributed by atoms with Gasteiger partial charge in [0.1, 0.15) is 0 Å². The number of hydrogen-bond acceptors (Lipinski definition) is 3. The molecule has 0 heterocycles. The van der Waals surface area contributed by atoms with Crippen molar-refractivity contribution in [2.24, 2.45) is 0 Å². The number of rotatable bonds is 9. The Morgan fingerprint density at radius 3 is 2.45 bits per heavy atom. The van der Waals surface area contributed by atoms with Crippen molar-refractivity contribution < 1.29 is 9.53 Å².